The molecule has 1 fully saturated rings. The number of nitrogens with one attached hydrogen (secondary N) is 2. The molecule has 45 heavy (non-hydrogen) atoms. The largest absolute Gasteiger partial charge is 0.511 e. The zero-order chi connectivity index (χ0) is 33.4. The van der Waals surface area contributed by atoms with Crippen LogP contribution in [-0.2, 0) is 32.8 Å². The molecule has 2 aromatic carbocycles. The SMILES string of the molecule is O=C(NCc1ncc(C(F)(F)F)cc1Cl)c1cc(N2CCN(S(=O)(=O)C(F)(F)F)CC2)ccc1NS(=O)(=O)c1ccccc1Cl. The summed E-state index contributed by atoms with van der Waals surface area (Å²) in [6.45, 7) is -1.92. The Balaban J connectivity index is 1.63. The monoisotopic (exact) mass is 719 g/mol. The molecule has 0 spiro atoms. The first kappa shape index (κ1) is 34.6. The van der Waals surface area contributed by atoms with Crippen molar-refractivity contribution in [1.82, 2.24) is 14.6 Å². The minimum absolute atomic E-state index is 0.123. The fraction of sp³-hybridized carbons (Fsp3) is 0.280. The van der Waals surface area contributed by atoms with Gasteiger partial charge in [-0.1, -0.05) is 35.3 Å². The Morgan fingerprint density at radius 2 is 1.53 bits per heavy atom. The summed E-state index contributed by atoms with van der Waals surface area (Å²) in [5.41, 5.74) is -7.04. The number of sulfonamides is 2. The van der Waals surface area contributed by atoms with E-state index in [1.807, 2.05) is 0 Å². The number of carbonyl (C=O) groups is 1. The molecule has 0 aliphatic carbocycles. The van der Waals surface area contributed by atoms with Gasteiger partial charge in [-0.05, 0) is 36.4 Å². The quantitative estimate of drug-likeness (QED) is 0.310. The average molecular weight is 721 g/mol. The molecule has 0 unspecified atom stereocenters. The zero-order valence-electron chi connectivity index (χ0n) is 22.5. The van der Waals surface area contributed by atoms with E-state index in [0.717, 1.165) is 0 Å². The lowest BCUT2D eigenvalue weighted by Gasteiger charge is -2.35. The predicted octanol–water partition coefficient (Wildman–Crippen LogP) is 5.11. The van der Waals surface area contributed by atoms with E-state index in [0.29, 0.717) is 12.3 Å². The highest BCUT2D eigenvalue weighted by molar-refractivity contribution is 7.92. The number of anilines is 2. The number of piperazine rings is 1. The van der Waals surface area contributed by atoms with E-state index < -0.39 is 67.9 Å². The minimum Gasteiger partial charge on any atom is -0.369 e. The molecule has 1 saturated heterocycles. The Morgan fingerprint density at radius 3 is 2.11 bits per heavy atom. The van der Waals surface area contributed by atoms with Crippen LogP contribution in [0.4, 0.5) is 37.7 Å². The van der Waals surface area contributed by atoms with E-state index in [1.165, 1.54) is 47.4 Å². The van der Waals surface area contributed by atoms with Crippen LogP contribution in [-0.4, -0.2) is 63.7 Å². The van der Waals surface area contributed by atoms with Crippen molar-refractivity contribution >= 4 is 60.5 Å². The Hall–Kier alpha value is -3.32. The number of benzene rings is 2. The number of pyridine rings is 1. The average Bonchev–Trinajstić information content (AvgIpc) is 2.95. The van der Waals surface area contributed by atoms with Gasteiger partial charge >= 0.3 is 21.7 Å². The van der Waals surface area contributed by atoms with Gasteiger partial charge in [-0.3, -0.25) is 14.5 Å². The van der Waals surface area contributed by atoms with Gasteiger partial charge in [0.25, 0.3) is 15.9 Å². The third-order valence-corrected chi connectivity index (χ3v) is 10.3. The van der Waals surface area contributed by atoms with Crippen molar-refractivity contribution in [2.45, 2.75) is 23.1 Å². The van der Waals surface area contributed by atoms with Crippen molar-refractivity contribution in [2.24, 2.45) is 0 Å². The van der Waals surface area contributed by atoms with E-state index in [1.54, 1.807) is 0 Å². The standard InChI is InChI=1S/C25H21Cl2F6N5O5S2/c26-18-3-1-2-4-22(18)44(40,41)36-20-6-5-16(37-7-9-38(10-8-37)45(42,43)25(31,32)33)12-17(20)23(39)35-14-21-19(27)11-15(13-34-21)24(28,29)30/h1-6,11-13,36H,7-10,14H2,(H,35,39). The molecular weight excluding hydrogens is 699 g/mol. The smallest absolute Gasteiger partial charge is 0.369 e. The fourth-order valence-corrected chi connectivity index (χ4v) is 6.98. The van der Waals surface area contributed by atoms with Crippen LogP contribution in [0.15, 0.2) is 59.6 Å². The summed E-state index contributed by atoms with van der Waals surface area (Å²) >= 11 is 12.0. The first-order valence-corrected chi connectivity index (χ1v) is 16.2. The number of hydrogen-bond acceptors (Lipinski definition) is 7. The predicted molar refractivity (Wildman–Crippen MR) is 153 cm³/mol. The molecule has 1 aliphatic rings. The number of carbonyl (C=O) groups excluding carboxylic acids is 1. The number of halogens is 8. The Morgan fingerprint density at radius 1 is 0.889 bits per heavy atom. The summed E-state index contributed by atoms with van der Waals surface area (Å²) in [7, 11) is -9.92. The van der Waals surface area contributed by atoms with Gasteiger partial charge in [0, 0.05) is 38.1 Å². The van der Waals surface area contributed by atoms with Gasteiger partial charge < -0.3 is 10.2 Å². The van der Waals surface area contributed by atoms with Crippen molar-refractivity contribution in [3.05, 3.63) is 81.6 Å². The summed E-state index contributed by atoms with van der Waals surface area (Å²) in [6.07, 6.45) is -4.19. The molecule has 0 radical (unpaired) electrons. The van der Waals surface area contributed by atoms with E-state index in [-0.39, 0.29) is 49.9 Å². The van der Waals surface area contributed by atoms with Crippen LogP contribution in [0.2, 0.25) is 10.0 Å². The van der Waals surface area contributed by atoms with Crippen LogP contribution in [0.1, 0.15) is 21.6 Å². The van der Waals surface area contributed by atoms with Gasteiger partial charge in [0.1, 0.15) is 4.90 Å². The van der Waals surface area contributed by atoms with E-state index in [9.17, 15) is 48.0 Å². The molecule has 2 N–H and O–H groups in total. The van der Waals surface area contributed by atoms with Crippen LogP contribution in [0.5, 0.6) is 0 Å². The first-order valence-electron chi connectivity index (χ1n) is 12.5. The maximum Gasteiger partial charge on any atom is 0.511 e. The van der Waals surface area contributed by atoms with Gasteiger partial charge in [0.2, 0.25) is 0 Å². The maximum absolute atomic E-state index is 13.3. The fourth-order valence-electron chi connectivity index (χ4n) is 4.21. The molecule has 2 heterocycles. The molecule has 0 saturated carbocycles. The second-order valence-electron chi connectivity index (χ2n) is 9.44. The Kier molecular flexibility index (Phi) is 9.84. The molecule has 4 rings (SSSR count). The van der Waals surface area contributed by atoms with Crippen molar-refractivity contribution in [1.29, 1.82) is 0 Å². The van der Waals surface area contributed by atoms with Gasteiger partial charge in [-0.25, -0.2) is 16.8 Å². The lowest BCUT2D eigenvalue weighted by Crippen LogP contribution is -2.52. The normalized spacial score (nSPS) is 15.2. The number of hydrogen-bond donors (Lipinski definition) is 2. The van der Waals surface area contributed by atoms with Crippen LogP contribution in [0, 0.1) is 0 Å². The van der Waals surface area contributed by atoms with Crippen LogP contribution in [0.3, 0.4) is 0 Å². The zero-order valence-corrected chi connectivity index (χ0v) is 25.6. The van der Waals surface area contributed by atoms with Crippen LogP contribution in [0.25, 0.3) is 0 Å². The third-order valence-electron chi connectivity index (χ3n) is 6.52. The van der Waals surface area contributed by atoms with Crippen LogP contribution < -0.4 is 14.9 Å². The van der Waals surface area contributed by atoms with Gasteiger partial charge in [0.15, 0.2) is 0 Å². The minimum atomic E-state index is -5.56. The third kappa shape index (κ3) is 7.74. The van der Waals surface area contributed by atoms with E-state index in [4.69, 9.17) is 23.2 Å². The number of aromatic nitrogens is 1. The van der Waals surface area contributed by atoms with Crippen molar-refractivity contribution in [3.8, 4) is 0 Å². The van der Waals surface area contributed by atoms with Crippen molar-refractivity contribution < 1.29 is 48.0 Å². The Labute approximate surface area is 263 Å². The molecule has 3 aromatic rings. The highest BCUT2D eigenvalue weighted by Gasteiger charge is 2.50. The molecule has 0 bridgehead atoms. The van der Waals surface area contributed by atoms with Crippen LogP contribution >= 0.6 is 23.2 Å². The highest BCUT2D eigenvalue weighted by Crippen LogP contribution is 2.33. The molecule has 244 valence electrons. The molecule has 10 nitrogen and oxygen atoms in total. The van der Waals surface area contributed by atoms with E-state index in [2.05, 4.69) is 15.0 Å². The summed E-state index contributed by atoms with van der Waals surface area (Å²) in [5.74, 6) is -0.926. The molecule has 0 atom stereocenters. The van der Waals surface area contributed by atoms with Gasteiger partial charge in [-0.2, -0.15) is 30.6 Å². The summed E-state index contributed by atoms with van der Waals surface area (Å²) < 4.78 is 130. The summed E-state index contributed by atoms with van der Waals surface area (Å²) in [6, 6.07) is 9.86. The highest BCUT2D eigenvalue weighted by atomic mass is 35.5. The molecular formula is C25H21Cl2F6N5O5S2. The second-order valence-corrected chi connectivity index (χ2v) is 13.8. The lowest BCUT2D eigenvalue weighted by atomic mass is 10.1. The first-order chi connectivity index (χ1) is 20.8. The maximum atomic E-state index is 13.3. The van der Waals surface area contributed by atoms with Gasteiger partial charge in [0.05, 0.1) is 39.1 Å². The van der Waals surface area contributed by atoms with E-state index >= 15 is 0 Å². The van der Waals surface area contributed by atoms with Gasteiger partial charge in [-0.15, -0.1) is 0 Å². The van der Waals surface area contributed by atoms with Crippen molar-refractivity contribution in [2.75, 3.05) is 35.8 Å². The number of alkyl halides is 6. The number of amides is 1. The lowest BCUT2D eigenvalue weighted by molar-refractivity contribution is -0.137. The molecule has 1 aromatic heterocycles. The topological polar surface area (TPSA) is 129 Å². The van der Waals surface area contributed by atoms with Crippen molar-refractivity contribution in [3.63, 3.8) is 0 Å². The second kappa shape index (κ2) is 12.8. The molecule has 1 aliphatic heterocycles. The number of rotatable bonds is 8. The Bertz CT molecular complexity index is 1820. The number of nitrogens with zero attached hydrogens (tertiary/aromatic N) is 3. The molecule has 1 amide bonds. The summed E-state index contributed by atoms with van der Waals surface area (Å²) in [4.78, 5) is 18.2. The summed E-state index contributed by atoms with van der Waals surface area (Å²) in [5, 5.41) is 1.89. The molecule has 20 heteroatoms.